The van der Waals surface area contributed by atoms with Crippen molar-refractivity contribution in [3.8, 4) is 0 Å². The lowest BCUT2D eigenvalue weighted by Gasteiger charge is -2.34. The number of aryl methyl sites for hydroxylation is 1. The zero-order chi connectivity index (χ0) is 13.2. The fourth-order valence-corrected chi connectivity index (χ4v) is 1.74. The Labute approximate surface area is 102 Å². The first kappa shape index (κ1) is 13.7. The van der Waals surface area contributed by atoms with E-state index in [-0.39, 0.29) is 0 Å². The molecule has 1 aromatic heterocycles. The number of rotatable bonds is 5. The van der Waals surface area contributed by atoms with E-state index in [2.05, 4.69) is 5.10 Å². The van der Waals surface area contributed by atoms with Crippen LogP contribution in [0.5, 0.6) is 0 Å². The molecule has 1 N–H and O–H groups in total. The molecule has 17 heavy (non-hydrogen) atoms. The van der Waals surface area contributed by atoms with E-state index in [1.807, 2.05) is 25.8 Å². The summed E-state index contributed by atoms with van der Waals surface area (Å²) >= 11 is 0. The second-order valence-corrected chi connectivity index (χ2v) is 4.76. The summed E-state index contributed by atoms with van der Waals surface area (Å²) in [5.74, 6) is -0.805. The highest BCUT2D eigenvalue weighted by Crippen LogP contribution is 2.19. The van der Waals surface area contributed by atoms with Gasteiger partial charge in [0, 0.05) is 24.8 Å². The molecule has 1 aromatic rings. The molecule has 5 heteroatoms. The van der Waals surface area contributed by atoms with Crippen LogP contribution in [-0.4, -0.2) is 37.8 Å². The Balaban J connectivity index is 2.91. The lowest BCUT2D eigenvalue weighted by Crippen LogP contribution is -2.49. The largest absolute Gasteiger partial charge is 0.480 e. The van der Waals surface area contributed by atoms with Gasteiger partial charge in [0.05, 0.1) is 6.20 Å². The monoisotopic (exact) mass is 239 g/mol. The summed E-state index contributed by atoms with van der Waals surface area (Å²) in [6.45, 7) is 8.71. The van der Waals surface area contributed by atoms with Gasteiger partial charge in [-0.15, -0.1) is 0 Å². The molecule has 96 valence electrons. The molecular formula is C12H21N3O2. The first-order valence-corrected chi connectivity index (χ1v) is 5.76. The van der Waals surface area contributed by atoms with Crippen LogP contribution < -0.4 is 0 Å². The van der Waals surface area contributed by atoms with Crippen molar-refractivity contribution in [3.05, 3.63) is 17.5 Å². The first-order chi connectivity index (χ1) is 7.80. The van der Waals surface area contributed by atoms with Crippen LogP contribution in [-0.2, 0) is 18.4 Å². The second kappa shape index (κ2) is 4.87. The van der Waals surface area contributed by atoms with Gasteiger partial charge in [0.15, 0.2) is 0 Å². The highest BCUT2D eigenvalue weighted by Gasteiger charge is 2.33. The fraction of sp³-hybridized carbons (Fsp3) is 0.667. The smallest absolute Gasteiger partial charge is 0.323 e. The van der Waals surface area contributed by atoms with Crippen molar-refractivity contribution in [1.29, 1.82) is 0 Å². The van der Waals surface area contributed by atoms with Crippen molar-refractivity contribution < 1.29 is 9.90 Å². The number of aromatic nitrogens is 2. The maximum Gasteiger partial charge on any atom is 0.323 e. The summed E-state index contributed by atoms with van der Waals surface area (Å²) in [4.78, 5) is 13.2. The number of carboxylic acids is 1. The van der Waals surface area contributed by atoms with Gasteiger partial charge in [-0.25, -0.2) is 0 Å². The van der Waals surface area contributed by atoms with Crippen LogP contribution in [0, 0.1) is 6.92 Å². The maximum absolute atomic E-state index is 11.2. The van der Waals surface area contributed by atoms with Gasteiger partial charge in [0.1, 0.15) is 5.54 Å². The van der Waals surface area contributed by atoms with Gasteiger partial charge in [0.25, 0.3) is 0 Å². The van der Waals surface area contributed by atoms with Crippen LogP contribution in [0.1, 0.15) is 32.0 Å². The average Bonchev–Trinajstić information content (AvgIpc) is 2.56. The molecule has 0 aliphatic carbocycles. The molecule has 0 unspecified atom stereocenters. The second-order valence-electron chi connectivity index (χ2n) is 4.76. The minimum Gasteiger partial charge on any atom is -0.480 e. The molecule has 1 rings (SSSR count). The first-order valence-electron chi connectivity index (χ1n) is 5.76. The summed E-state index contributed by atoms with van der Waals surface area (Å²) in [6, 6.07) is 0. The molecule has 0 fully saturated rings. The minimum atomic E-state index is -0.864. The molecule has 0 radical (unpaired) electrons. The van der Waals surface area contributed by atoms with E-state index >= 15 is 0 Å². The molecule has 0 atom stereocenters. The van der Waals surface area contributed by atoms with Crippen LogP contribution in [0.4, 0.5) is 0 Å². The molecule has 0 aliphatic rings. The van der Waals surface area contributed by atoms with Gasteiger partial charge in [-0.05, 0) is 27.3 Å². The molecule has 0 aromatic carbocycles. The maximum atomic E-state index is 11.2. The molecular weight excluding hydrogens is 218 g/mol. The summed E-state index contributed by atoms with van der Waals surface area (Å²) in [5, 5.41) is 13.4. The average molecular weight is 239 g/mol. The highest BCUT2D eigenvalue weighted by atomic mass is 16.4. The lowest BCUT2D eigenvalue weighted by molar-refractivity contribution is -0.149. The number of likely N-dealkylation sites (N-methyl/N-ethyl adjacent to an activating group) is 1. The molecule has 0 saturated carbocycles. The zero-order valence-electron chi connectivity index (χ0n) is 11.2. The zero-order valence-corrected chi connectivity index (χ0v) is 11.2. The Morgan fingerprint density at radius 3 is 2.53 bits per heavy atom. The number of hydrogen-bond donors (Lipinski definition) is 1. The van der Waals surface area contributed by atoms with E-state index in [0.29, 0.717) is 13.1 Å². The SMILES string of the molecule is CCN(Cc1cnn(C)c1C)C(C)(C)C(=O)O. The number of nitrogens with zero attached hydrogens (tertiary/aromatic N) is 3. The number of aliphatic carboxylic acids is 1. The van der Waals surface area contributed by atoms with Crippen molar-refractivity contribution in [2.24, 2.45) is 7.05 Å². The molecule has 1 heterocycles. The predicted molar refractivity (Wildman–Crippen MR) is 65.7 cm³/mol. The van der Waals surface area contributed by atoms with E-state index in [4.69, 9.17) is 0 Å². The number of carbonyl (C=O) groups is 1. The van der Waals surface area contributed by atoms with Crippen LogP contribution in [0.2, 0.25) is 0 Å². The third kappa shape index (κ3) is 2.66. The van der Waals surface area contributed by atoms with Crippen LogP contribution >= 0.6 is 0 Å². The normalized spacial score (nSPS) is 12.1. The molecule has 0 spiro atoms. The Kier molecular flexibility index (Phi) is 3.93. The van der Waals surface area contributed by atoms with Gasteiger partial charge in [-0.3, -0.25) is 14.4 Å². The van der Waals surface area contributed by atoms with Crippen molar-refractivity contribution in [3.63, 3.8) is 0 Å². The highest BCUT2D eigenvalue weighted by molar-refractivity contribution is 5.77. The summed E-state index contributed by atoms with van der Waals surface area (Å²) in [7, 11) is 1.89. The fourth-order valence-electron chi connectivity index (χ4n) is 1.74. The minimum absolute atomic E-state index is 0.607. The van der Waals surface area contributed by atoms with E-state index in [9.17, 15) is 9.90 Å². The van der Waals surface area contributed by atoms with Crippen molar-refractivity contribution in [2.45, 2.75) is 39.8 Å². The Hall–Kier alpha value is -1.36. The standard InChI is InChI=1S/C12H21N3O2/c1-6-15(12(3,4)11(16)17)8-10-7-13-14(5)9(10)2/h7H,6,8H2,1-5H3,(H,16,17). The van der Waals surface area contributed by atoms with Crippen molar-refractivity contribution in [1.82, 2.24) is 14.7 Å². The Bertz CT molecular complexity index is 410. The van der Waals surface area contributed by atoms with E-state index in [1.54, 1.807) is 24.7 Å². The molecule has 5 nitrogen and oxygen atoms in total. The quantitative estimate of drug-likeness (QED) is 0.844. The van der Waals surface area contributed by atoms with Gasteiger partial charge >= 0.3 is 5.97 Å². The van der Waals surface area contributed by atoms with Crippen molar-refractivity contribution >= 4 is 5.97 Å². The lowest BCUT2D eigenvalue weighted by atomic mass is 10.0. The van der Waals surface area contributed by atoms with E-state index in [1.165, 1.54) is 0 Å². The van der Waals surface area contributed by atoms with Crippen molar-refractivity contribution in [2.75, 3.05) is 6.54 Å². The van der Waals surface area contributed by atoms with E-state index in [0.717, 1.165) is 11.3 Å². The summed E-state index contributed by atoms with van der Waals surface area (Å²) < 4.78 is 1.80. The van der Waals surface area contributed by atoms with Crippen LogP contribution in [0.3, 0.4) is 0 Å². The van der Waals surface area contributed by atoms with Gasteiger partial charge in [-0.1, -0.05) is 6.92 Å². The molecule has 0 aliphatic heterocycles. The number of carboxylic acid groups (broad SMARTS) is 1. The Morgan fingerprint density at radius 2 is 2.18 bits per heavy atom. The summed E-state index contributed by atoms with van der Waals surface area (Å²) in [6.07, 6.45) is 1.80. The van der Waals surface area contributed by atoms with Gasteiger partial charge < -0.3 is 5.11 Å². The molecule has 0 bridgehead atoms. The van der Waals surface area contributed by atoms with Gasteiger partial charge in [0.2, 0.25) is 0 Å². The third-order valence-electron chi connectivity index (χ3n) is 3.39. The van der Waals surface area contributed by atoms with Crippen LogP contribution in [0.25, 0.3) is 0 Å². The summed E-state index contributed by atoms with van der Waals surface area (Å²) in [5.41, 5.74) is 1.28. The topological polar surface area (TPSA) is 58.4 Å². The molecule has 0 saturated heterocycles. The predicted octanol–water partition coefficient (Wildman–Crippen LogP) is 1.41. The third-order valence-corrected chi connectivity index (χ3v) is 3.39. The number of hydrogen-bond acceptors (Lipinski definition) is 3. The Morgan fingerprint density at radius 1 is 1.59 bits per heavy atom. The molecule has 0 amide bonds. The van der Waals surface area contributed by atoms with Gasteiger partial charge in [-0.2, -0.15) is 5.10 Å². The van der Waals surface area contributed by atoms with Crippen LogP contribution in [0.15, 0.2) is 6.20 Å². The van der Waals surface area contributed by atoms with E-state index < -0.39 is 11.5 Å².